The van der Waals surface area contributed by atoms with Crippen molar-refractivity contribution in [2.45, 2.75) is 6.54 Å². The van der Waals surface area contributed by atoms with E-state index in [4.69, 9.17) is 9.52 Å². The lowest BCUT2D eigenvalue weighted by molar-refractivity contribution is -0.130. The zero-order chi connectivity index (χ0) is 22.0. The second-order valence-corrected chi connectivity index (χ2v) is 6.78. The van der Waals surface area contributed by atoms with Crippen LogP contribution in [0, 0.1) is 0 Å². The highest BCUT2D eigenvalue weighted by Gasteiger charge is 2.35. The molecule has 2 heterocycles. The third-order valence-corrected chi connectivity index (χ3v) is 4.68. The second kappa shape index (κ2) is 8.11. The smallest absolute Gasteiger partial charge is 0.335 e. The van der Waals surface area contributed by atoms with Gasteiger partial charge >= 0.3 is 12.0 Å². The van der Waals surface area contributed by atoms with Gasteiger partial charge in [0.15, 0.2) is 0 Å². The van der Waals surface area contributed by atoms with Crippen LogP contribution in [0.4, 0.5) is 4.79 Å². The summed E-state index contributed by atoms with van der Waals surface area (Å²) in [6.45, 7) is 0.0154. The minimum atomic E-state index is -1.07. The SMILES string of the molecule is O=C1NC(=O)N(Cc2ccccc2)C(=O)/C1=C/c1ccc(-c2cccc(C(=O)O)c2)o1. The van der Waals surface area contributed by atoms with E-state index in [2.05, 4.69) is 5.32 Å². The van der Waals surface area contributed by atoms with Crippen LogP contribution in [0.3, 0.4) is 0 Å². The van der Waals surface area contributed by atoms with Crippen LogP contribution >= 0.6 is 0 Å². The number of nitrogens with zero attached hydrogens (tertiary/aromatic N) is 1. The number of barbiturate groups is 1. The lowest BCUT2D eigenvalue weighted by Gasteiger charge is -2.26. The van der Waals surface area contributed by atoms with Crippen LogP contribution < -0.4 is 5.32 Å². The van der Waals surface area contributed by atoms with Crippen molar-refractivity contribution in [2.24, 2.45) is 0 Å². The zero-order valence-electron chi connectivity index (χ0n) is 16.1. The minimum Gasteiger partial charge on any atom is -0.478 e. The summed E-state index contributed by atoms with van der Waals surface area (Å²) in [6, 6.07) is 17.5. The van der Waals surface area contributed by atoms with Crippen LogP contribution in [0.25, 0.3) is 17.4 Å². The van der Waals surface area contributed by atoms with Gasteiger partial charge in [-0.3, -0.25) is 19.8 Å². The van der Waals surface area contributed by atoms with Gasteiger partial charge in [-0.2, -0.15) is 0 Å². The third-order valence-electron chi connectivity index (χ3n) is 4.68. The Morgan fingerprint density at radius 1 is 1.00 bits per heavy atom. The Morgan fingerprint density at radius 2 is 1.77 bits per heavy atom. The Hall–Kier alpha value is -4.46. The lowest BCUT2D eigenvalue weighted by atomic mass is 10.1. The first kappa shape index (κ1) is 19.8. The first-order chi connectivity index (χ1) is 14.9. The lowest BCUT2D eigenvalue weighted by Crippen LogP contribution is -2.53. The summed E-state index contributed by atoms with van der Waals surface area (Å²) >= 11 is 0. The van der Waals surface area contributed by atoms with Crippen LogP contribution in [-0.4, -0.2) is 33.8 Å². The Morgan fingerprint density at radius 3 is 2.52 bits per heavy atom. The molecule has 31 heavy (non-hydrogen) atoms. The van der Waals surface area contributed by atoms with Crippen molar-refractivity contribution >= 4 is 29.9 Å². The molecular weight excluding hydrogens is 400 g/mol. The predicted octanol–water partition coefficient (Wildman–Crippen LogP) is 3.31. The van der Waals surface area contributed by atoms with Crippen LogP contribution in [-0.2, 0) is 16.1 Å². The van der Waals surface area contributed by atoms with E-state index in [1.54, 1.807) is 48.5 Å². The number of imide groups is 2. The average Bonchev–Trinajstić information content (AvgIpc) is 3.24. The highest BCUT2D eigenvalue weighted by molar-refractivity contribution is 6.30. The maximum atomic E-state index is 12.8. The standard InChI is InChI=1S/C23H16N2O6/c26-20-18(21(27)25(23(30)24-20)13-14-5-2-1-3-6-14)12-17-9-10-19(31-17)15-7-4-8-16(11-15)22(28)29/h1-12H,13H2,(H,28,29)(H,24,26,30)/b18-12+. The van der Waals surface area contributed by atoms with Crippen molar-refractivity contribution < 1.29 is 28.7 Å². The molecule has 2 N–H and O–H groups in total. The van der Waals surface area contributed by atoms with Crippen LogP contribution in [0.2, 0.25) is 0 Å². The Kier molecular flexibility index (Phi) is 5.19. The largest absolute Gasteiger partial charge is 0.478 e. The van der Waals surface area contributed by atoms with Gasteiger partial charge < -0.3 is 9.52 Å². The fraction of sp³-hybridized carbons (Fsp3) is 0.0435. The number of aromatic carboxylic acids is 1. The number of carboxylic acid groups (broad SMARTS) is 1. The van der Waals surface area contributed by atoms with Crippen molar-refractivity contribution in [1.82, 2.24) is 10.2 Å². The number of carbonyl (C=O) groups is 4. The third kappa shape index (κ3) is 4.13. The molecule has 2 aromatic carbocycles. The molecule has 154 valence electrons. The predicted molar refractivity (Wildman–Crippen MR) is 110 cm³/mol. The molecule has 0 atom stereocenters. The topological polar surface area (TPSA) is 117 Å². The number of furan rings is 1. The average molecular weight is 416 g/mol. The van der Waals surface area contributed by atoms with Gasteiger partial charge in [-0.05, 0) is 35.9 Å². The van der Waals surface area contributed by atoms with Crippen molar-refractivity contribution in [2.75, 3.05) is 0 Å². The van der Waals surface area contributed by atoms with Gasteiger partial charge in [0.05, 0.1) is 12.1 Å². The molecule has 0 spiro atoms. The van der Waals surface area contributed by atoms with E-state index in [-0.39, 0.29) is 23.4 Å². The van der Waals surface area contributed by atoms with Gasteiger partial charge in [-0.1, -0.05) is 42.5 Å². The van der Waals surface area contributed by atoms with Crippen LogP contribution in [0.5, 0.6) is 0 Å². The molecule has 4 amide bonds. The van der Waals surface area contributed by atoms with Crippen molar-refractivity contribution in [1.29, 1.82) is 0 Å². The Balaban J connectivity index is 1.61. The highest BCUT2D eigenvalue weighted by Crippen LogP contribution is 2.25. The maximum Gasteiger partial charge on any atom is 0.335 e. The van der Waals surface area contributed by atoms with E-state index in [1.165, 1.54) is 18.2 Å². The Bertz CT molecular complexity index is 1230. The number of rotatable bonds is 5. The second-order valence-electron chi connectivity index (χ2n) is 6.78. The monoisotopic (exact) mass is 416 g/mol. The van der Waals surface area contributed by atoms with Gasteiger partial charge in [-0.25, -0.2) is 9.59 Å². The molecule has 4 rings (SSSR count). The molecule has 0 saturated carbocycles. The summed E-state index contributed by atoms with van der Waals surface area (Å²) in [4.78, 5) is 49.4. The number of carboxylic acids is 1. The van der Waals surface area contributed by atoms with E-state index in [9.17, 15) is 19.2 Å². The van der Waals surface area contributed by atoms with Gasteiger partial charge in [-0.15, -0.1) is 0 Å². The molecule has 8 heteroatoms. The first-order valence-corrected chi connectivity index (χ1v) is 9.29. The fourth-order valence-electron chi connectivity index (χ4n) is 3.14. The number of hydrogen-bond donors (Lipinski definition) is 2. The summed E-state index contributed by atoms with van der Waals surface area (Å²) in [5.74, 6) is -2.03. The van der Waals surface area contributed by atoms with Crippen LogP contribution in [0.15, 0.2) is 76.7 Å². The molecule has 3 aromatic rings. The summed E-state index contributed by atoms with van der Waals surface area (Å²) in [7, 11) is 0. The molecule has 1 aliphatic rings. The van der Waals surface area contributed by atoms with Gasteiger partial charge in [0.2, 0.25) is 0 Å². The van der Waals surface area contributed by atoms with E-state index in [0.717, 1.165) is 10.5 Å². The molecule has 0 unspecified atom stereocenters. The van der Waals surface area contributed by atoms with E-state index in [0.29, 0.717) is 11.3 Å². The summed E-state index contributed by atoms with van der Waals surface area (Å²) < 4.78 is 5.68. The molecule has 1 saturated heterocycles. The van der Waals surface area contributed by atoms with Gasteiger partial charge in [0.1, 0.15) is 17.1 Å². The number of benzene rings is 2. The van der Waals surface area contributed by atoms with Crippen LogP contribution in [0.1, 0.15) is 21.7 Å². The summed E-state index contributed by atoms with van der Waals surface area (Å²) in [5, 5.41) is 11.3. The zero-order valence-corrected chi connectivity index (χ0v) is 16.1. The first-order valence-electron chi connectivity index (χ1n) is 9.29. The molecule has 1 aliphatic heterocycles. The molecule has 0 aliphatic carbocycles. The van der Waals surface area contributed by atoms with E-state index >= 15 is 0 Å². The van der Waals surface area contributed by atoms with Crippen molar-refractivity contribution in [3.63, 3.8) is 0 Å². The fourth-order valence-corrected chi connectivity index (χ4v) is 3.14. The quantitative estimate of drug-likeness (QED) is 0.487. The minimum absolute atomic E-state index is 0.0154. The Labute approximate surface area is 176 Å². The summed E-state index contributed by atoms with van der Waals surface area (Å²) in [6.07, 6.45) is 1.26. The van der Waals surface area contributed by atoms with Gasteiger partial charge in [0.25, 0.3) is 11.8 Å². The molecular formula is C23H16N2O6. The van der Waals surface area contributed by atoms with Crippen molar-refractivity contribution in [3.05, 3.63) is 89.2 Å². The molecule has 1 aromatic heterocycles. The molecule has 0 bridgehead atoms. The molecule has 1 fully saturated rings. The van der Waals surface area contributed by atoms with Crippen molar-refractivity contribution in [3.8, 4) is 11.3 Å². The molecule has 0 radical (unpaired) electrons. The highest BCUT2D eigenvalue weighted by atomic mass is 16.4. The van der Waals surface area contributed by atoms with E-state index in [1.807, 2.05) is 6.07 Å². The number of nitrogens with one attached hydrogen (secondary N) is 1. The normalized spacial score (nSPS) is 15.3. The number of hydrogen-bond acceptors (Lipinski definition) is 5. The number of urea groups is 1. The number of amides is 4. The maximum absolute atomic E-state index is 12.8. The number of carbonyl (C=O) groups excluding carboxylic acids is 3. The van der Waals surface area contributed by atoms with E-state index < -0.39 is 23.8 Å². The summed E-state index contributed by atoms with van der Waals surface area (Å²) in [5.41, 5.74) is 1.13. The molecule has 8 nitrogen and oxygen atoms in total. The van der Waals surface area contributed by atoms with Gasteiger partial charge in [0, 0.05) is 5.56 Å².